The highest BCUT2D eigenvalue weighted by Gasteiger charge is 2.42. The highest BCUT2D eigenvalue weighted by atomic mass is 19.4. The molecule has 2 heterocycles. The van der Waals surface area contributed by atoms with Crippen LogP contribution in [0.15, 0.2) is 6.20 Å². The summed E-state index contributed by atoms with van der Waals surface area (Å²) in [5.74, 6) is -1.02. The van der Waals surface area contributed by atoms with Crippen LogP contribution in [0.5, 0.6) is 0 Å². The van der Waals surface area contributed by atoms with Crippen molar-refractivity contribution in [3.8, 4) is 0 Å². The van der Waals surface area contributed by atoms with Crippen molar-refractivity contribution in [3.05, 3.63) is 17.5 Å². The summed E-state index contributed by atoms with van der Waals surface area (Å²) in [5, 5.41) is 6.81. The Hall–Kier alpha value is -1.57. The predicted molar refractivity (Wildman–Crippen MR) is 59.7 cm³/mol. The second-order valence-corrected chi connectivity index (χ2v) is 4.32. The van der Waals surface area contributed by atoms with Crippen LogP contribution >= 0.6 is 0 Å². The van der Waals surface area contributed by atoms with Crippen molar-refractivity contribution in [3.63, 3.8) is 0 Å². The van der Waals surface area contributed by atoms with Crippen molar-refractivity contribution in [2.75, 3.05) is 20.2 Å². The fourth-order valence-corrected chi connectivity index (χ4v) is 2.23. The van der Waals surface area contributed by atoms with E-state index in [0.717, 1.165) is 18.0 Å². The fraction of sp³-hybridized carbons (Fsp3) is 0.636. The maximum Gasteiger partial charge on any atom is 0.433 e. The second-order valence-electron chi connectivity index (χ2n) is 4.32. The first-order valence-corrected chi connectivity index (χ1v) is 5.89. The Morgan fingerprint density at radius 3 is 2.63 bits per heavy atom. The number of carbonyl (C=O) groups is 1. The van der Waals surface area contributed by atoms with Gasteiger partial charge in [0.15, 0.2) is 5.69 Å². The number of hydrogen-bond acceptors (Lipinski definition) is 4. The van der Waals surface area contributed by atoms with Crippen LogP contribution in [-0.4, -0.2) is 35.9 Å². The SMILES string of the molecule is COC(=O)c1cnn(C2CCNCC2)c1C(F)(F)F. The lowest BCUT2D eigenvalue weighted by Gasteiger charge is -2.25. The number of piperidine rings is 1. The van der Waals surface area contributed by atoms with Gasteiger partial charge in [-0.05, 0) is 25.9 Å². The molecule has 1 aromatic heterocycles. The first-order chi connectivity index (χ1) is 8.95. The Kier molecular flexibility index (Phi) is 3.79. The van der Waals surface area contributed by atoms with Gasteiger partial charge < -0.3 is 10.1 Å². The minimum Gasteiger partial charge on any atom is -0.465 e. The lowest BCUT2D eigenvalue weighted by Crippen LogP contribution is -2.32. The smallest absolute Gasteiger partial charge is 0.433 e. The second kappa shape index (κ2) is 5.20. The third kappa shape index (κ3) is 2.73. The summed E-state index contributed by atoms with van der Waals surface area (Å²) in [6, 6.07) is -0.351. The molecule has 0 atom stereocenters. The summed E-state index contributed by atoms with van der Waals surface area (Å²) in [6.45, 7) is 1.27. The summed E-state index contributed by atoms with van der Waals surface area (Å²) >= 11 is 0. The van der Waals surface area contributed by atoms with Gasteiger partial charge >= 0.3 is 12.1 Å². The van der Waals surface area contributed by atoms with Gasteiger partial charge in [-0.25, -0.2) is 4.79 Å². The lowest BCUT2D eigenvalue weighted by atomic mass is 10.1. The standard InChI is InChI=1S/C11H14F3N3O2/c1-19-10(18)8-6-16-17(9(8)11(12,13)14)7-2-4-15-5-3-7/h6-7,15H,2-5H2,1H3. The predicted octanol–water partition coefficient (Wildman–Crippen LogP) is 1.61. The molecule has 0 aromatic carbocycles. The van der Waals surface area contributed by atoms with Crippen molar-refractivity contribution in [2.45, 2.75) is 25.1 Å². The number of esters is 1. The summed E-state index contributed by atoms with van der Waals surface area (Å²) in [7, 11) is 1.05. The molecule has 2 rings (SSSR count). The van der Waals surface area contributed by atoms with E-state index in [2.05, 4.69) is 15.2 Å². The Labute approximate surface area is 107 Å². The molecule has 1 aliphatic heterocycles. The number of hydrogen-bond donors (Lipinski definition) is 1. The molecular formula is C11H14F3N3O2. The lowest BCUT2D eigenvalue weighted by molar-refractivity contribution is -0.145. The number of rotatable bonds is 2. The zero-order valence-corrected chi connectivity index (χ0v) is 10.3. The van der Waals surface area contributed by atoms with Crippen LogP contribution in [0.3, 0.4) is 0 Å². The van der Waals surface area contributed by atoms with E-state index in [9.17, 15) is 18.0 Å². The largest absolute Gasteiger partial charge is 0.465 e. The summed E-state index contributed by atoms with van der Waals surface area (Å²) in [5.41, 5.74) is -1.56. The molecule has 1 saturated heterocycles. The van der Waals surface area contributed by atoms with Crippen LogP contribution in [0.4, 0.5) is 13.2 Å². The number of methoxy groups -OCH3 is 1. The molecule has 1 N–H and O–H groups in total. The monoisotopic (exact) mass is 277 g/mol. The molecule has 1 aromatic rings. The third-order valence-corrected chi connectivity index (χ3v) is 3.12. The van der Waals surface area contributed by atoms with Crippen molar-refractivity contribution in [2.24, 2.45) is 0 Å². The molecular weight excluding hydrogens is 263 g/mol. The van der Waals surface area contributed by atoms with Gasteiger partial charge in [0.25, 0.3) is 0 Å². The highest BCUT2D eigenvalue weighted by Crippen LogP contribution is 2.35. The molecule has 0 amide bonds. The van der Waals surface area contributed by atoms with Crippen LogP contribution in [0, 0.1) is 0 Å². The zero-order chi connectivity index (χ0) is 14.0. The van der Waals surface area contributed by atoms with Gasteiger partial charge in [0, 0.05) is 0 Å². The van der Waals surface area contributed by atoms with E-state index in [0.29, 0.717) is 25.9 Å². The summed E-state index contributed by atoms with van der Waals surface area (Å²) in [4.78, 5) is 11.4. The molecule has 0 aliphatic carbocycles. The van der Waals surface area contributed by atoms with Gasteiger partial charge in [-0.3, -0.25) is 4.68 Å². The molecule has 0 bridgehead atoms. The molecule has 19 heavy (non-hydrogen) atoms. The minimum absolute atomic E-state index is 0.351. The van der Waals surface area contributed by atoms with Gasteiger partial charge in [0.05, 0.1) is 19.3 Å². The average molecular weight is 277 g/mol. The average Bonchev–Trinajstić information content (AvgIpc) is 2.83. The Bertz CT molecular complexity index is 464. The molecule has 106 valence electrons. The molecule has 1 fully saturated rings. The molecule has 0 unspecified atom stereocenters. The molecule has 0 saturated carbocycles. The van der Waals surface area contributed by atoms with Gasteiger partial charge in [-0.15, -0.1) is 0 Å². The van der Waals surface area contributed by atoms with Gasteiger partial charge in [0.1, 0.15) is 5.56 Å². The van der Waals surface area contributed by atoms with E-state index in [1.807, 2.05) is 0 Å². The van der Waals surface area contributed by atoms with Crippen LogP contribution in [-0.2, 0) is 10.9 Å². The number of ether oxygens (including phenoxy) is 1. The number of nitrogens with zero attached hydrogens (tertiary/aromatic N) is 2. The Balaban J connectivity index is 2.43. The van der Waals surface area contributed by atoms with E-state index in [1.54, 1.807) is 0 Å². The number of nitrogens with one attached hydrogen (secondary N) is 1. The summed E-state index contributed by atoms with van der Waals surface area (Å²) in [6.07, 6.45) is -2.61. The van der Waals surface area contributed by atoms with Crippen LogP contribution in [0.1, 0.15) is 34.9 Å². The zero-order valence-electron chi connectivity index (χ0n) is 10.3. The van der Waals surface area contributed by atoms with Crippen LogP contribution < -0.4 is 5.32 Å². The minimum atomic E-state index is -4.63. The Morgan fingerprint density at radius 2 is 2.11 bits per heavy atom. The fourth-order valence-electron chi connectivity index (χ4n) is 2.23. The van der Waals surface area contributed by atoms with Crippen molar-refractivity contribution in [1.29, 1.82) is 0 Å². The van der Waals surface area contributed by atoms with Crippen molar-refractivity contribution in [1.82, 2.24) is 15.1 Å². The number of alkyl halides is 3. The molecule has 0 radical (unpaired) electrons. The van der Waals surface area contributed by atoms with Crippen LogP contribution in [0.25, 0.3) is 0 Å². The quantitative estimate of drug-likeness (QED) is 0.834. The van der Waals surface area contributed by atoms with Crippen molar-refractivity contribution < 1.29 is 22.7 Å². The molecule has 1 aliphatic rings. The van der Waals surface area contributed by atoms with Crippen LogP contribution in [0.2, 0.25) is 0 Å². The number of carbonyl (C=O) groups excluding carboxylic acids is 1. The number of halogens is 3. The Morgan fingerprint density at radius 1 is 1.47 bits per heavy atom. The topological polar surface area (TPSA) is 56.1 Å². The van der Waals surface area contributed by atoms with E-state index in [1.165, 1.54) is 0 Å². The highest BCUT2D eigenvalue weighted by molar-refractivity contribution is 5.90. The maximum atomic E-state index is 13.1. The normalized spacial score (nSPS) is 17.5. The summed E-state index contributed by atoms with van der Waals surface area (Å²) < 4.78 is 44.6. The molecule has 0 spiro atoms. The van der Waals surface area contributed by atoms with Gasteiger partial charge in [-0.1, -0.05) is 0 Å². The first-order valence-electron chi connectivity index (χ1n) is 5.89. The van der Waals surface area contributed by atoms with E-state index in [-0.39, 0.29) is 6.04 Å². The molecule has 5 nitrogen and oxygen atoms in total. The van der Waals surface area contributed by atoms with Crippen molar-refractivity contribution >= 4 is 5.97 Å². The van der Waals surface area contributed by atoms with Gasteiger partial charge in [0.2, 0.25) is 0 Å². The van der Waals surface area contributed by atoms with E-state index < -0.39 is 23.4 Å². The molecule has 8 heteroatoms. The van der Waals surface area contributed by atoms with E-state index >= 15 is 0 Å². The van der Waals surface area contributed by atoms with Gasteiger partial charge in [-0.2, -0.15) is 18.3 Å². The first kappa shape index (κ1) is 13.9. The maximum absolute atomic E-state index is 13.1. The number of aromatic nitrogens is 2. The van der Waals surface area contributed by atoms with E-state index in [4.69, 9.17) is 0 Å². The third-order valence-electron chi connectivity index (χ3n) is 3.12.